The number of benzene rings is 3. The summed E-state index contributed by atoms with van der Waals surface area (Å²) in [6.45, 7) is 0. The average molecular weight is 358 g/mol. The molecule has 128 valence electrons. The van der Waals surface area contributed by atoms with Gasteiger partial charge in [-0.25, -0.2) is 0 Å². The number of para-hydroxylation sites is 2. The summed E-state index contributed by atoms with van der Waals surface area (Å²) in [6.07, 6.45) is 0. The maximum Gasteiger partial charge on any atom is 0.174 e. The predicted molar refractivity (Wildman–Crippen MR) is 111 cm³/mol. The zero-order valence-electron chi connectivity index (χ0n) is 14.4. The smallest absolute Gasteiger partial charge is 0.174 e. The van der Waals surface area contributed by atoms with Crippen LogP contribution >= 0.6 is 9.24 Å². The lowest BCUT2D eigenvalue weighted by atomic mass is 9.92. The summed E-state index contributed by atoms with van der Waals surface area (Å²) in [4.78, 5) is 3.61. The Bertz CT molecular complexity index is 1120. The number of fused-ring (bicyclic) bond motifs is 5. The Labute approximate surface area is 154 Å². The van der Waals surface area contributed by atoms with Crippen LogP contribution in [-0.4, -0.2) is 12.0 Å². The highest BCUT2D eigenvalue weighted by molar-refractivity contribution is 7.18. The second kappa shape index (κ2) is 5.62. The van der Waals surface area contributed by atoms with Crippen LogP contribution in [0.1, 0.15) is 11.1 Å². The van der Waals surface area contributed by atoms with Gasteiger partial charge in [-0.3, -0.25) is 0 Å². The van der Waals surface area contributed by atoms with Crippen molar-refractivity contribution in [1.29, 1.82) is 0 Å². The fourth-order valence-corrected chi connectivity index (χ4v) is 4.42. The van der Waals surface area contributed by atoms with Gasteiger partial charge < -0.3 is 15.0 Å². The minimum atomic E-state index is -0.643. The number of H-pyrrole nitrogens is 1. The Balaban J connectivity index is 1.83. The van der Waals surface area contributed by atoms with Crippen molar-refractivity contribution in [3.8, 4) is 17.0 Å². The van der Waals surface area contributed by atoms with Gasteiger partial charge in [0.2, 0.25) is 0 Å². The number of nitrogens with one attached hydrogen (secondary N) is 2. The largest absolute Gasteiger partial charge is 0.473 e. The first kappa shape index (κ1) is 15.5. The second-order valence-electron chi connectivity index (χ2n) is 6.58. The highest BCUT2D eigenvalue weighted by Crippen LogP contribution is 2.53. The molecule has 26 heavy (non-hydrogen) atoms. The summed E-state index contributed by atoms with van der Waals surface area (Å²) in [6, 6.07) is 25.0. The molecule has 2 N–H and O–H groups in total. The van der Waals surface area contributed by atoms with Gasteiger partial charge >= 0.3 is 0 Å². The Morgan fingerprint density at radius 1 is 0.923 bits per heavy atom. The van der Waals surface area contributed by atoms with Crippen LogP contribution in [0.3, 0.4) is 0 Å². The first-order chi connectivity index (χ1) is 12.7. The number of anilines is 1. The van der Waals surface area contributed by atoms with Crippen molar-refractivity contribution in [1.82, 2.24) is 4.98 Å². The molecule has 0 radical (unpaired) electrons. The van der Waals surface area contributed by atoms with Crippen molar-refractivity contribution in [3.63, 3.8) is 0 Å². The highest BCUT2D eigenvalue weighted by Gasteiger charge is 2.41. The first-order valence-electron chi connectivity index (χ1n) is 8.67. The molecule has 0 spiro atoms. The standard InChI is InChI=1S/C22H19N2OP/c1-23-15-12-10-14(11-13-15)22(26)20-16-6-2-4-8-18(16)24-21(20)17-7-3-5-9-19(17)25-22/h2-13,23-24H,26H2,1H3. The first-order valence-corrected chi connectivity index (χ1v) is 9.25. The Morgan fingerprint density at radius 3 is 2.46 bits per heavy atom. The summed E-state index contributed by atoms with van der Waals surface area (Å²) >= 11 is 0. The lowest BCUT2D eigenvalue weighted by Crippen LogP contribution is -2.30. The molecule has 2 heterocycles. The van der Waals surface area contributed by atoms with E-state index < -0.39 is 5.34 Å². The quantitative estimate of drug-likeness (QED) is 0.474. The lowest BCUT2D eigenvalue weighted by molar-refractivity contribution is 0.207. The molecule has 0 saturated heterocycles. The van der Waals surface area contributed by atoms with Gasteiger partial charge in [0.1, 0.15) is 5.75 Å². The predicted octanol–water partition coefficient (Wildman–Crippen LogP) is 5.35. The van der Waals surface area contributed by atoms with E-state index in [1.54, 1.807) is 0 Å². The van der Waals surface area contributed by atoms with Crippen LogP contribution in [0, 0.1) is 0 Å². The van der Waals surface area contributed by atoms with Gasteiger partial charge in [-0.1, -0.05) is 51.7 Å². The van der Waals surface area contributed by atoms with Crippen LogP contribution in [0.25, 0.3) is 22.2 Å². The van der Waals surface area contributed by atoms with Crippen LogP contribution < -0.4 is 10.1 Å². The maximum atomic E-state index is 6.59. The monoisotopic (exact) mass is 358 g/mol. The van der Waals surface area contributed by atoms with Crippen molar-refractivity contribution in [3.05, 3.63) is 83.9 Å². The van der Waals surface area contributed by atoms with Crippen molar-refractivity contribution in [2.24, 2.45) is 0 Å². The van der Waals surface area contributed by atoms with Crippen LogP contribution in [0.4, 0.5) is 5.69 Å². The number of hydrogen-bond donors (Lipinski definition) is 2. The molecule has 0 bridgehead atoms. The Morgan fingerprint density at radius 2 is 1.65 bits per heavy atom. The van der Waals surface area contributed by atoms with E-state index in [2.05, 4.69) is 80.2 Å². The van der Waals surface area contributed by atoms with Gasteiger partial charge in [0.15, 0.2) is 5.34 Å². The summed E-state index contributed by atoms with van der Waals surface area (Å²) in [5.74, 6) is 0.888. The van der Waals surface area contributed by atoms with E-state index in [0.717, 1.165) is 39.3 Å². The second-order valence-corrected chi connectivity index (χ2v) is 7.39. The van der Waals surface area contributed by atoms with Crippen LogP contribution in [0.15, 0.2) is 72.8 Å². The van der Waals surface area contributed by atoms with E-state index in [1.807, 2.05) is 19.2 Å². The molecule has 2 unspecified atom stereocenters. The molecule has 1 aliphatic heterocycles. The Kier molecular flexibility index (Phi) is 3.35. The SMILES string of the molecule is CNc1ccc(C2(P)Oc3ccccc3-c3[nH]c4ccccc4c32)cc1. The summed E-state index contributed by atoms with van der Waals surface area (Å²) in [5, 5.41) is 3.72. The van der Waals surface area contributed by atoms with E-state index in [-0.39, 0.29) is 0 Å². The highest BCUT2D eigenvalue weighted by atomic mass is 31.0. The van der Waals surface area contributed by atoms with E-state index >= 15 is 0 Å². The molecule has 0 aliphatic carbocycles. The normalized spacial score (nSPS) is 18.1. The molecule has 2 atom stereocenters. The molecule has 5 rings (SSSR count). The van der Waals surface area contributed by atoms with Gasteiger partial charge in [-0.2, -0.15) is 0 Å². The van der Waals surface area contributed by atoms with Gasteiger partial charge in [0, 0.05) is 40.3 Å². The zero-order valence-corrected chi connectivity index (χ0v) is 15.6. The van der Waals surface area contributed by atoms with Gasteiger partial charge in [-0.05, 0) is 30.3 Å². The molecule has 0 amide bonds. The number of hydrogen-bond acceptors (Lipinski definition) is 2. The third-order valence-corrected chi connectivity index (χ3v) is 5.85. The van der Waals surface area contributed by atoms with E-state index in [0.29, 0.717) is 0 Å². The molecular weight excluding hydrogens is 339 g/mol. The zero-order chi connectivity index (χ0) is 17.7. The van der Waals surface area contributed by atoms with Crippen LogP contribution in [0.5, 0.6) is 5.75 Å². The van der Waals surface area contributed by atoms with Crippen LogP contribution in [0.2, 0.25) is 0 Å². The van der Waals surface area contributed by atoms with Gasteiger partial charge in [-0.15, -0.1) is 0 Å². The molecular formula is C22H19N2OP. The van der Waals surface area contributed by atoms with Crippen LogP contribution in [-0.2, 0) is 5.34 Å². The van der Waals surface area contributed by atoms with E-state index in [9.17, 15) is 0 Å². The summed E-state index contributed by atoms with van der Waals surface area (Å²) in [5.41, 5.74) is 6.69. The van der Waals surface area contributed by atoms with Crippen molar-refractivity contribution >= 4 is 25.8 Å². The lowest BCUT2D eigenvalue weighted by Gasteiger charge is -2.36. The number of aromatic amines is 1. The van der Waals surface area contributed by atoms with Crippen molar-refractivity contribution in [2.75, 3.05) is 12.4 Å². The average Bonchev–Trinajstić information content (AvgIpc) is 3.09. The number of rotatable bonds is 2. The molecule has 0 saturated carbocycles. The maximum absolute atomic E-state index is 6.59. The number of aromatic nitrogens is 1. The Hall–Kier alpha value is -2.77. The van der Waals surface area contributed by atoms with Crippen molar-refractivity contribution < 1.29 is 4.74 Å². The molecule has 3 nitrogen and oxygen atoms in total. The fraction of sp³-hybridized carbons (Fsp3) is 0.0909. The molecule has 1 aliphatic rings. The summed E-state index contributed by atoms with van der Waals surface area (Å²) < 4.78 is 6.59. The molecule has 0 fully saturated rings. The fourth-order valence-electron chi connectivity index (χ4n) is 3.80. The topological polar surface area (TPSA) is 37.0 Å². The number of ether oxygens (including phenoxy) is 1. The minimum Gasteiger partial charge on any atom is -0.473 e. The minimum absolute atomic E-state index is 0.643. The van der Waals surface area contributed by atoms with Gasteiger partial charge in [0.25, 0.3) is 0 Å². The van der Waals surface area contributed by atoms with Crippen molar-refractivity contribution in [2.45, 2.75) is 5.34 Å². The third-order valence-electron chi connectivity index (χ3n) is 5.11. The molecule has 3 aromatic carbocycles. The molecule has 4 heteroatoms. The van der Waals surface area contributed by atoms with E-state index in [4.69, 9.17) is 4.74 Å². The van der Waals surface area contributed by atoms with E-state index in [1.165, 1.54) is 5.39 Å². The summed E-state index contributed by atoms with van der Waals surface area (Å²) in [7, 11) is 4.89. The van der Waals surface area contributed by atoms with Gasteiger partial charge in [0.05, 0.1) is 5.69 Å². The molecule has 1 aromatic heterocycles. The molecule has 4 aromatic rings. The third kappa shape index (κ3) is 2.11.